The first kappa shape index (κ1) is 9.22. The van der Waals surface area contributed by atoms with Crippen LogP contribution >= 0.6 is 0 Å². The molecular weight excluding hydrogens is 154 g/mol. The highest BCUT2D eigenvalue weighted by atomic mass is 16.3. The Bertz CT molecular complexity index is 232. The summed E-state index contributed by atoms with van der Waals surface area (Å²) in [5.41, 5.74) is 1.12. The van der Waals surface area contributed by atoms with E-state index < -0.39 is 0 Å². The lowest BCUT2D eigenvalue weighted by Crippen LogP contribution is -2.24. The van der Waals surface area contributed by atoms with Gasteiger partial charge in [0, 0.05) is 26.3 Å². The summed E-state index contributed by atoms with van der Waals surface area (Å²) in [5, 5.41) is 16.1. The number of aliphatic hydroxyl groups excluding tert-OH is 1. The number of hydrogen-bond donors (Lipinski definition) is 2. The van der Waals surface area contributed by atoms with Gasteiger partial charge in [-0.25, -0.2) is 0 Å². The Labute approximate surface area is 72.2 Å². The lowest BCUT2D eigenvalue weighted by Gasteiger charge is -2.06. The smallest absolute Gasteiger partial charge is 0.0636 e. The predicted octanol–water partition coefficient (Wildman–Crippen LogP) is -0.110. The average Bonchev–Trinajstić information content (AvgIpc) is 2.36. The highest BCUT2D eigenvalue weighted by Crippen LogP contribution is 1.94. The molecule has 0 amide bonds. The van der Waals surface area contributed by atoms with Gasteiger partial charge in [-0.15, -0.1) is 0 Å². The second-order valence-electron chi connectivity index (χ2n) is 2.93. The maximum Gasteiger partial charge on any atom is 0.0636 e. The Hall–Kier alpha value is -0.870. The topological polar surface area (TPSA) is 50.1 Å². The van der Waals surface area contributed by atoms with Crippen molar-refractivity contribution in [1.82, 2.24) is 15.1 Å². The maximum atomic E-state index is 8.97. The molecule has 0 unspecified atom stereocenters. The summed E-state index contributed by atoms with van der Waals surface area (Å²) < 4.78 is 1.81. The monoisotopic (exact) mass is 169 g/mol. The van der Waals surface area contributed by atoms with Crippen molar-refractivity contribution in [2.24, 2.45) is 7.05 Å². The molecule has 0 spiro atoms. The summed E-state index contributed by atoms with van der Waals surface area (Å²) in [4.78, 5) is 0. The first-order chi connectivity index (χ1) is 5.70. The van der Waals surface area contributed by atoms with E-state index in [9.17, 15) is 0 Å². The first-order valence-corrected chi connectivity index (χ1v) is 4.06. The normalized spacial score (nSPS) is 13.2. The van der Waals surface area contributed by atoms with Crippen LogP contribution in [0.25, 0.3) is 0 Å². The molecule has 1 heterocycles. The van der Waals surface area contributed by atoms with Crippen molar-refractivity contribution in [3.63, 3.8) is 0 Å². The zero-order valence-corrected chi connectivity index (χ0v) is 7.49. The molecule has 1 rings (SSSR count). The predicted molar refractivity (Wildman–Crippen MR) is 46.6 cm³/mol. The molecule has 0 aliphatic heterocycles. The van der Waals surface area contributed by atoms with E-state index >= 15 is 0 Å². The van der Waals surface area contributed by atoms with E-state index in [-0.39, 0.29) is 6.10 Å². The minimum atomic E-state index is -0.293. The average molecular weight is 169 g/mol. The summed E-state index contributed by atoms with van der Waals surface area (Å²) >= 11 is 0. The molecule has 0 aromatic carbocycles. The number of nitrogens with zero attached hydrogens (tertiary/aromatic N) is 2. The first-order valence-electron chi connectivity index (χ1n) is 4.06. The standard InChI is InChI=1S/C8H15N3O/c1-7(12)5-9-6-8-3-4-10-11(8)2/h3-4,7,9,12H,5-6H2,1-2H3/t7-/m0/s1. The Kier molecular flexibility index (Phi) is 3.25. The van der Waals surface area contributed by atoms with Crippen molar-refractivity contribution in [1.29, 1.82) is 0 Å². The fourth-order valence-electron chi connectivity index (χ4n) is 0.984. The van der Waals surface area contributed by atoms with E-state index in [4.69, 9.17) is 5.11 Å². The minimum Gasteiger partial charge on any atom is -0.392 e. The van der Waals surface area contributed by atoms with Gasteiger partial charge in [-0.05, 0) is 13.0 Å². The Morgan fingerprint density at radius 2 is 2.50 bits per heavy atom. The van der Waals surface area contributed by atoms with E-state index in [2.05, 4.69) is 10.4 Å². The van der Waals surface area contributed by atoms with Crippen LogP contribution in [-0.4, -0.2) is 27.5 Å². The van der Waals surface area contributed by atoms with Gasteiger partial charge in [-0.2, -0.15) is 5.10 Å². The molecule has 0 bridgehead atoms. The molecule has 1 aromatic rings. The summed E-state index contributed by atoms with van der Waals surface area (Å²) in [6.07, 6.45) is 1.47. The van der Waals surface area contributed by atoms with E-state index in [0.29, 0.717) is 6.54 Å². The lowest BCUT2D eigenvalue weighted by atomic mass is 10.4. The van der Waals surface area contributed by atoms with Crippen LogP contribution in [0.2, 0.25) is 0 Å². The molecule has 4 heteroatoms. The van der Waals surface area contributed by atoms with Gasteiger partial charge >= 0.3 is 0 Å². The van der Waals surface area contributed by atoms with Crippen LogP contribution in [0.15, 0.2) is 12.3 Å². The SMILES string of the molecule is C[C@H](O)CNCc1ccnn1C. The number of hydrogen-bond acceptors (Lipinski definition) is 3. The van der Waals surface area contributed by atoms with Crippen molar-refractivity contribution in [2.75, 3.05) is 6.54 Å². The number of nitrogens with one attached hydrogen (secondary N) is 1. The zero-order valence-electron chi connectivity index (χ0n) is 7.49. The van der Waals surface area contributed by atoms with Crippen molar-refractivity contribution in [3.8, 4) is 0 Å². The number of aryl methyl sites for hydroxylation is 1. The van der Waals surface area contributed by atoms with Crippen LogP contribution in [0.4, 0.5) is 0 Å². The van der Waals surface area contributed by atoms with Crippen LogP contribution in [-0.2, 0) is 13.6 Å². The highest BCUT2D eigenvalue weighted by Gasteiger charge is 1.98. The molecule has 12 heavy (non-hydrogen) atoms. The number of aromatic nitrogens is 2. The van der Waals surface area contributed by atoms with Gasteiger partial charge in [0.2, 0.25) is 0 Å². The van der Waals surface area contributed by atoms with Crippen LogP contribution in [0.1, 0.15) is 12.6 Å². The van der Waals surface area contributed by atoms with E-state index in [1.807, 2.05) is 17.8 Å². The third kappa shape index (κ3) is 2.64. The summed E-state index contributed by atoms with van der Waals surface area (Å²) in [6, 6.07) is 1.95. The molecule has 0 aliphatic carbocycles. The van der Waals surface area contributed by atoms with Gasteiger partial charge in [0.25, 0.3) is 0 Å². The van der Waals surface area contributed by atoms with Gasteiger partial charge < -0.3 is 10.4 Å². The molecular formula is C8H15N3O. The molecule has 0 saturated heterocycles. The Morgan fingerprint density at radius 3 is 3.00 bits per heavy atom. The molecule has 0 fully saturated rings. The van der Waals surface area contributed by atoms with Gasteiger partial charge in [0.1, 0.15) is 0 Å². The maximum absolute atomic E-state index is 8.97. The van der Waals surface area contributed by atoms with Gasteiger partial charge in [0.15, 0.2) is 0 Å². The molecule has 2 N–H and O–H groups in total. The summed E-state index contributed by atoms with van der Waals surface area (Å²) in [7, 11) is 1.90. The number of rotatable bonds is 4. The zero-order chi connectivity index (χ0) is 8.97. The fraction of sp³-hybridized carbons (Fsp3) is 0.625. The van der Waals surface area contributed by atoms with Crippen molar-refractivity contribution in [3.05, 3.63) is 18.0 Å². The molecule has 1 atom stereocenters. The third-order valence-corrected chi connectivity index (χ3v) is 1.67. The summed E-state index contributed by atoms with van der Waals surface area (Å²) in [5.74, 6) is 0. The summed E-state index contributed by atoms with van der Waals surface area (Å²) in [6.45, 7) is 3.13. The second-order valence-corrected chi connectivity index (χ2v) is 2.93. The van der Waals surface area contributed by atoms with Crippen LogP contribution in [0.5, 0.6) is 0 Å². The Morgan fingerprint density at radius 1 is 1.75 bits per heavy atom. The molecule has 68 valence electrons. The van der Waals surface area contributed by atoms with Crippen molar-refractivity contribution >= 4 is 0 Å². The lowest BCUT2D eigenvalue weighted by molar-refractivity contribution is 0.190. The number of aliphatic hydroxyl groups is 1. The second kappa shape index (κ2) is 4.23. The molecule has 0 radical (unpaired) electrons. The quantitative estimate of drug-likeness (QED) is 0.661. The largest absolute Gasteiger partial charge is 0.392 e. The van der Waals surface area contributed by atoms with Gasteiger partial charge in [-0.1, -0.05) is 0 Å². The Balaban J connectivity index is 2.29. The van der Waals surface area contributed by atoms with E-state index in [1.54, 1.807) is 13.1 Å². The molecule has 1 aromatic heterocycles. The molecule has 0 aliphatic rings. The van der Waals surface area contributed by atoms with E-state index in [1.165, 1.54) is 0 Å². The highest BCUT2D eigenvalue weighted by molar-refractivity contribution is 4.98. The van der Waals surface area contributed by atoms with Crippen LogP contribution < -0.4 is 5.32 Å². The molecule has 4 nitrogen and oxygen atoms in total. The minimum absolute atomic E-state index is 0.293. The third-order valence-electron chi connectivity index (χ3n) is 1.67. The molecule has 0 saturated carbocycles. The fourth-order valence-corrected chi connectivity index (χ4v) is 0.984. The van der Waals surface area contributed by atoms with Crippen molar-refractivity contribution in [2.45, 2.75) is 19.6 Å². The van der Waals surface area contributed by atoms with Crippen molar-refractivity contribution < 1.29 is 5.11 Å². The van der Waals surface area contributed by atoms with Crippen LogP contribution in [0.3, 0.4) is 0 Å². The van der Waals surface area contributed by atoms with Gasteiger partial charge in [0.05, 0.1) is 11.8 Å². The van der Waals surface area contributed by atoms with Crippen LogP contribution in [0, 0.1) is 0 Å². The van der Waals surface area contributed by atoms with Gasteiger partial charge in [-0.3, -0.25) is 4.68 Å². The van der Waals surface area contributed by atoms with E-state index in [0.717, 1.165) is 12.2 Å².